The van der Waals surface area contributed by atoms with E-state index < -0.39 is 11.9 Å². The molecule has 0 radical (unpaired) electrons. The van der Waals surface area contributed by atoms with Crippen LogP contribution in [0.15, 0.2) is 25.3 Å². The lowest BCUT2D eigenvalue weighted by Crippen LogP contribution is -2.16. The minimum atomic E-state index is -0.572. The normalized spacial score (nSPS) is 8.86. The molecule has 0 N–H and O–H groups in total. The van der Waals surface area contributed by atoms with Crippen LogP contribution in [0.25, 0.3) is 0 Å². The van der Waals surface area contributed by atoms with Crippen molar-refractivity contribution in [2.75, 3.05) is 13.2 Å². The summed E-state index contributed by atoms with van der Waals surface area (Å²) in [4.78, 5) is 21.7. The summed E-state index contributed by atoms with van der Waals surface area (Å²) in [6, 6.07) is 0. The molecule has 0 saturated heterocycles. The molecule has 0 aliphatic rings. The van der Waals surface area contributed by atoms with E-state index in [0.717, 1.165) is 0 Å². The Kier molecular flexibility index (Phi) is 7.13. The molecule has 0 amide bonds. The summed E-state index contributed by atoms with van der Waals surface area (Å²) in [7, 11) is 0. The molecule has 0 bridgehead atoms. The van der Waals surface area contributed by atoms with Crippen LogP contribution in [0.3, 0.4) is 0 Å². The average Bonchev–Trinajstić information content (AvgIpc) is 2.20. The lowest BCUT2D eigenvalue weighted by molar-refractivity contribution is -0.157. The highest BCUT2D eigenvalue weighted by atomic mass is 16.6. The molecule has 0 aromatic heterocycles. The highest BCUT2D eigenvalue weighted by Crippen LogP contribution is 1.93. The Morgan fingerprint density at radius 2 is 1.79 bits per heavy atom. The van der Waals surface area contributed by atoms with E-state index in [1.807, 2.05) is 0 Å². The van der Waals surface area contributed by atoms with Crippen molar-refractivity contribution in [3.8, 4) is 0 Å². The summed E-state index contributed by atoms with van der Waals surface area (Å²) in [5.41, 5.74) is 0. The summed E-state index contributed by atoms with van der Waals surface area (Å²) in [5, 5.41) is 0. The maximum Gasteiger partial charge on any atom is 0.344 e. The van der Waals surface area contributed by atoms with E-state index in [-0.39, 0.29) is 19.6 Å². The number of carbonyl (C=O) groups excluding carboxylic acids is 2. The monoisotopic (exact) mass is 198 g/mol. The minimum Gasteiger partial charge on any atom is -0.459 e. The molecule has 0 spiro atoms. The van der Waals surface area contributed by atoms with E-state index in [2.05, 4.69) is 22.6 Å². The van der Waals surface area contributed by atoms with Gasteiger partial charge in [-0.25, -0.2) is 4.79 Å². The van der Waals surface area contributed by atoms with Crippen molar-refractivity contribution >= 4 is 11.9 Å². The summed E-state index contributed by atoms with van der Waals surface area (Å²) >= 11 is 0. The number of ether oxygens (including phenoxy) is 2. The molecule has 0 saturated carbocycles. The number of allylic oxidation sites excluding steroid dienone is 1. The zero-order valence-electron chi connectivity index (χ0n) is 8.03. The van der Waals surface area contributed by atoms with Gasteiger partial charge in [0.1, 0.15) is 6.61 Å². The van der Waals surface area contributed by atoms with E-state index in [0.29, 0.717) is 6.42 Å². The quantitative estimate of drug-likeness (QED) is 0.456. The predicted octanol–water partition coefficient (Wildman–Crippen LogP) is 1.23. The van der Waals surface area contributed by atoms with E-state index in [1.54, 1.807) is 6.08 Å². The van der Waals surface area contributed by atoms with E-state index in [1.165, 1.54) is 6.08 Å². The van der Waals surface area contributed by atoms with E-state index in [9.17, 15) is 9.59 Å². The van der Waals surface area contributed by atoms with Gasteiger partial charge in [-0.1, -0.05) is 18.7 Å². The Morgan fingerprint density at radius 3 is 2.36 bits per heavy atom. The number of hydrogen-bond acceptors (Lipinski definition) is 4. The maximum atomic E-state index is 10.9. The van der Waals surface area contributed by atoms with Gasteiger partial charge in [-0.15, -0.1) is 6.58 Å². The van der Waals surface area contributed by atoms with Crippen molar-refractivity contribution in [1.82, 2.24) is 0 Å². The van der Waals surface area contributed by atoms with E-state index >= 15 is 0 Å². The van der Waals surface area contributed by atoms with Gasteiger partial charge in [-0.3, -0.25) is 4.79 Å². The number of esters is 2. The van der Waals surface area contributed by atoms with Crippen LogP contribution in [0.1, 0.15) is 12.8 Å². The number of hydrogen-bond donors (Lipinski definition) is 0. The van der Waals surface area contributed by atoms with Crippen molar-refractivity contribution in [3.05, 3.63) is 25.3 Å². The molecule has 0 aliphatic carbocycles. The first-order chi connectivity index (χ1) is 6.70. The molecular weight excluding hydrogens is 184 g/mol. The Hall–Kier alpha value is -1.58. The van der Waals surface area contributed by atoms with Crippen LogP contribution in [-0.2, 0) is 19.1 Å². The molecule has 4 nitrogen and oxygen atoms in total. The molecule has 78 valence electrons. The van der Waals surface area contributed by atoms with Crippen LogP contribution in [0, 0.1) is 0 Å². The molecule has 0 rings (SSSR count). The summed E-state index contributed by atoms with van der Waals surface area (Å²) in [6.07, 6.45) is 3.83. The van der Waals surface area contributed by atoms with Crippen molar-refractivity contribution in [2.45, 2.75) is 12.8 Å². The van der Waals surface area contributed by atoms with Crippen LogP contribution in [-0.4, -0.2) is 25.2 Å². The van der Waals surface area contributed by atoms with Crippen LogP contribution < -0.4 is 0 Å². The first kappa shape index (κ1) is 12.4. The highest BCUT2D eigenvalue weighted by Gasteiger charge is 2.06. The Labute approximate surface area is 83.2 Å². The maximum absolute atomic E-state index is 10.9. The fourth-order valence-corrected chi connectivity index (χ4v) is 0.625. The second-order valence-corrected chi connectivity index (χ2v) is 2.46. The molecule has 0 aromatic rings. The fourth-order valence-electron chi connectivity index (χ4n) is 0.625. The molecule has 0 heterocycles. The van der Waals surface area contributed by atoms with Gasteiger partial charge in [0.25, 0.3) is 0 Å². The summed E-state index contributed by atoms with van der Waals surface area (Å²) in [5.74, 6) is -1.00. The van der Waals surface area contributed by atoms with Crippen LogP contribution >= 0.6 is 0 Å². The second kappa shape index (κ2) is 8.04. The number of rotatable bonds is 7. The summed E-state index contributed by atoms with van der Waals surface area (Å²) in [6.45, 7) is 6.61. The van der Waals surface area contributed by atoms with Gasteiger partial charge in [0.15, 0.2) is 6.61 Å². The van der Waals surface area contributed by atoms with Crippen molar-refractivity contribution in [2.24, 2.45) is 0 Å². The zero-order valence-corrected chi connectivity index (χ0v) is 8.03. The molecule has 4 heteroatoms. The molecule has 0 atom stereocenters. The van der Waals surface area contributed by atoms with E-state index in [4.69, 9.17) is 0 Å². The predicted molar refractivity (Wildman–Crippen MR) is 51.5 cm³/mol. The molecule has 0 fully saturated rings. The van der Waals surface area contributed by atoms with Gasteiger partial charge in [0.2, 0.25) is 0 Å². The molecular formula is C10H14O4. The summed E-state index contributed by atoms with van der Waals surface area (Å²) < 4.78 is 9.20. The first-order valence-electron chi connectivity index (χ1n) is 4.23. The number of carbonyl (C=O) groups is 2. The lowest BCUT2D eigenvalue weighted by Gasteiger charge is -2.03. The van der Waals surface area contributed by atoms with Crippen LogP contribution in [0.4, 0.5) is 0 Å². The smallest absolute Gasteiger partial charge is 0.344 e. The van der Waals surface area contributed by atoms with Gasteiger partial charge < -0.3 is 9.47 Å². The third-order valence-electron chi connectivity index (χ3n) is 1.27. The van der Waals surface area contributed by atoms with Gasteiger partial charge in [0.05, 0.1) is 0 Å². The van der Waals surface area contributed by atoms with Gasteiger partial charge in [0, 0.05) is 6.42 Å². The zero-order chi connectivity index (χ0) is 10.8. The molecule has 0 unspecified atom stereocenters. The van der Waals surface area contributed by atoms with Gasteiger partial charge >= 0.3 is 11.9 Å². The van der Waals surface area contributed by atoms with Crippen LogP contribution in [0.2, 0.25) is 0 Å². The van der Waals surface area contributed by atoms with Crippen molar-refractivity contribution < 1.29 is 19.1 Å². The largest absolute Gasteiger partial charge is 0.459 e. The lowest BCUT2D eigenvalue weighted by atomic mass is 10.3. The Morgan fingerprint density at radius 1 is 1.07 bits per heavy atom. The van der Waals surface area contributed by atoms with Crippen molar-refractivity contribution in [1.29, 1.82) is 0 Å². The topological polar surface area (TPSA) is 52.6 Å². The minimum absolute atomic E-state index is 0.128. The highest BCUT2D eigenvalue weighted by molar-refractivity contribution is 5.76. The molecule has 0 aromatic carbocycles. The third-order valence-corrected chi connectivity index (χ3v) is 1.27. The Balaban J connectivity index is 3.50. The van der Waals surface area contributed by atoms with Crippen LogP contribution in [0.5, 0.6) is 0 Å². The average molecular weight is 198 g/mol. The van der Waals surface area contributed by atoms with Crippen molar-refractivity contribution in [3.63, 3.8) is 0 Å². The molecule has 14 heavy (non-hydrogen) atoms. The third kappa shape index (κ3) is 7.09. The standard InChI is InChI=1S/C10H14O4/c1-3-5-6-9(11)14-8-10(12)13-7-4-2/h3-4H,1-2,5-8H2. The van der Waals surface area contributed by atoms with Gasteiger partial charge in [-0.05, 0) is 6.42 Å². The van der Waals surface area contributed by atoms with Gasteiger partial charge in [-0.2, -0.15) is 0 Å². The fraction of sp³-hybridized carbons (Fsp3) is 0.400. The SMILES string of the molecule is C=CCCC(=O)OCC(=O)OCC=C. The Bertz CT molecular complexity index is 196. The second-order valence-electron chi connectivity index (χ2n) is 2.46. The molecule has 0 aliphatic heterocycles. The first-order valence-corrected chi connectivity index (χ1v) is 4.23.